The van der Waals surface area contributed by atoms with Crippen LogP contribution in [0.25, 0.3) is 0 Å². The fourth-order valence-electron chi connectivity index (χ4n) is 4.57. The van der Waals surface area contributed by atoms with Gasteiger partial charge in [0.2, 0.25) is 5.91 Å². The number of hydrogen-bond donors (Lipinski definition) is 1. The third-order valence-corrected chi connectivity index (χ3v) is 6.02. The highest BCUT2D eigenvalue weighted by atomic mass is 19.2. The molecular formula is C23H26F2N2O3. The van der Waals surface area contributed by atoms with Crippen molar-refractivity contribution < 1.29 is 23.0 Å². The van der Waals surface area contributed by atoms with Gasteiger partial charge in [-0.1, -0.05) is 18.2 Å². The Hall–Kier alpha value is -2.51. The Morgan fingerprint density at radius 3 is 2.83 bits per heavy atom. The summed E-state index contributed by atoms with van der Waals surface area (Å²) < 4.78 is 38.8. The van der Waals surface area contributed by atoms with Gasteiger partial charge in [0.05, 0.1) is 25.9 Å². The molecule has 2 aliphatic heterocycles. The molecule has 5 nitrogen and oxygen atoms in total. The minimum atomic E-state index is -0.887. The van der Waals surface area contributed by atoms with Crippen molar-refractivity contribution >= 4 is 5.91 Å². The lowest BCUT2D eigenvalue weighted by molar-refractivity contribution is -0.122. The number of halogens is 2. The zero-order valence-electron chi connectivity index (χ0n) is 17.2. The summed E-state index contributed by atoms with van der Waals surface area (Å²) in [5.41, 5.74) is 2.09. The molecule has 2 atom stereocenters. The molecule has 1 spiro atoms. The number of likely N-dealkylation sites (tertiary alicyclic amines) is 1. The predicted molar refractivity (Wildman–Crippen MR) is 108 cm³/mol. The smallest absolute Gasteiger partial charge is 0.222 e. The third-order valence-electron chi connectivity index (χ3n) is 6.02. The first-order valence-corrected chi connectivity index (χ1v) is 10.1. The molecule has 160 valence electrons. The summed E-state index contributed by atoms with van der Waals surface area (Å²) in [6, 6.07) is 10.0. The van der Waals surface area contributed by atoms with Gasteiger partial charge >= 0.3 is 0 Å². The van der Waals surface area contributed by atoms with Gasteiger partial charge in [-0.25, -0.2) is 8.78 Å². The Morgan fingerprint density at radius 2 is 2.07 bits per heavy atom. The van der Waals surface area contributed by atoms with E-state index < -0.39 is 17.2 Å². The first-order valence-electron chi connectivity index (χ1n) is 10.1. The molecule has 2 aromatic rings. The van der Waals surface area contributed by atoms with E-state index in [0.29, 0.717) is 38.4 Å². The van der Waals surface area contributed by atoms with Gasteiger partial charge in [0.1, 0.15) is 5.75 Å². The highest BCUT2D eigenvalue weighted by Crippen LogP contribution is 2.39. The SMILES string of the molecule is COc1cc(C)ccc1CN1C[C@@H](c2ccc(F)c(F)c2)[C@@]2(COCCC(=O)N2)C1. The van der Waals surface area contributed by atoms with E-state index in [-0.39, 0.29) is 18.2 Å². The number of carbonyl (C=O) groups is 1. The first kappa shape index (κ1) is 20.8. The average molecular weight is 416 g/mol. The fourth-order valence-corrected chi connectivity index (χ4v) is 4.57. The molecule has 2 fully saturated rings. The lowest BCUT2D eigenvalue weighted by Gasteiger charge is -2.34. The zero-order chi connectivity index (χ0) is 21.3. The fraction of sp³-hybridized carbons (Fsp3) is 0.435. The number of aryl methyl sites for hydroxylation is 1. The van der Waals surface area contributed by atoms with Crippen LogP contribution in [0, 0.1) is 18.6 Å². The van der Waals surface area contributed by atoms with Crippen LogP contribution in [0.5, 0.6) is 5.75 Å². The van der Waals surface area contributed by atoms with Crippen LogP contribution >= 0.6 is 0 Å². The summed E-state index contributed by atoms with van der Waals surface area (Å²) in [6.45, 7) is 4.41. The van der Waals surface area contributed by atoms with Gasteiger partial charge < -0.3 is 14.8 Å². The van der Waals surface area contributed by atoms with E-state index in [2.05, 4.69) is 10.2 Å². The maximum absolute atomic E-state index is 14.0. The van der Waals surface area contributed by atoms with Gasteiger partial charge in [0.25, 0.3) is 0 Å². The summed E-state index contributed by atoms with van der Waals surface area (Å²) in [5.74, 6) is -1.28. The van der Waals surface area contributed by atoms with Crippen molar-refractivity contribution in [3.63, 3.8) is 0 Å². The number of amides is 1. The molecule has 0 aromatic heterocycles. The van der Waals surface area contributed by atoms with Crippen LogP contribution in [-0.2, 0) is 16.1 Å². The summed E-state index contributed by atoms with van der Waals surface area (Å²) in [4.78, 5) is 14.6. The Kier molecular flexibility index (Phi) is 5.75. The topological polar surface area (TPSA) is 50.8 Å². The van der Waals surface area contributed by atoms with Crippen molar-refractivity contribution in [2.75, 3.05) is 33.4 Å². The molecule has 0 radical (unpaired) electrons. The summed E-state index contributed by atoms with van der Waals surface area (Å²) in [5, 5.41) is 3.14. The van der Waals surface area contributed by atoms with Crippen molar-refractivity contribution in [3.05, 3.63) is 64.7 Å². The molecule has 2 saturated heterocycles. The van der Waals surface area contributed by atoms with Crippen LogP contribution < -0.4 is 10.1 Å². The largest absolute Gasteiger partial charge is 0.496 e. The van der Waals surface area contributed by atoms with Gasteiger partial charge in [0, 0.05) is 37.5 Å². The molecule has 4 rings (SSSR count). The first-order chi connectivity index (χ1) is 14.4. The Morgan fingerprint density at radius 1 is 1.23 bits per heavy atom. The maximum atomic E-state index is 14.0. The number of ether oxygens (including phenoxy) is 2. The molecule has 2 heterocycles. The molecule has 1 N–H and O–H groups in total. The van der Waals surface area contributed by atoms with Gasteiger partial charge in [-0.05, 0) is 36.2 Å². The monoisotopic (exact) mass is 416 g/mol. The van der Waals surface area contributed by atoms with E-state index >= 15 is 0 Å². The Bertz CT molecular complexity index is 952. The van der Waals surface area contributed by atoms with Gasteiger partial charge in [-0.3, -0.25) is 9.69 Å². The second kappa shape index (κ2) is 8.32. The number of nitrogens with zero attached hydrogens (tertiary/aromatic N) is 1. The number of hydrogen-bond acceptors (Lipinski definition) is 4. The number of methoxy groups -OCH3 is 1. The van der Waals surface area contributed by atoms with Crippen LogP contribution in [0.1, 0.15) is 29.0 Å². The van der Waals surface area contributed by atoms with Crippen molar-refractivity contribution in [2.24, 2.45) is 0 Å². The number of carbonyl (C=O) groups excluding carboxylic acids is 1. The second-order valence-electron chi connectivity index (χ2n) is 8.22. The lowest BCUT2D eigenvalue weighted by atomic mass is 9.82. The summed E-state index contributed by atoms with van der Waals surface area (Å²) >= 11 is 0. The van der Waals surface area contributed by atoms with Crippen LogP contribution in [-0.4, -0.2) is 49.8 Å². The minimum Gasteiger partial charge on any atom is -0.496 e. The lowest BCUT2D eigenvalue weighted by Crippen LogP contribution is -2.55. The molecular weight excluding hydrogens is 390 g/mol. The molecule has 0 unspecified atom stereocenters. The van der Waals surface area contributed by atoms with Gasteiger partial charge in [0.15, 0.2) is 11.6 Å². The van der Waals surface area contributed by atoms with Gasteiger partial charge in [-0.15, -0.1) is 0 Å². The van der Waals surface area contributed by atoms with Crippen LogP contribution in [0.2, 0.25) is 0 Å². The predicted octanol–water partition coefficient (Wildman–Crippen LogP) is 3.16. The maximum Gasteiger partial charge on any atom is 0.222 e. The van der Waals surface area contributed by atoms with E-state index in [0.717, 1.165) is 22.9 Å². The molecule has 2 aromatic carbocycles. The van der Waals surface area contributed by atoms with Crippen molar-refractivity contribution in [3.8, 4) is 5.75 Å². The van der Waals surface area contributed by atoms with E-state index in [1.54, 1.807) is 13.2 Å². The molecule has 2 aliphatic rings. The molecule has 0 saturated carbocycles. The summed E-state index contributed by atoms with van der Waals surface area (Å²) in [7, 11) is 1.65. The van der Waals surface area contributed by atoms with Crippen LogP contribution in [0.3, 0.4) is 0 Å². The van der Waals surface area contributed by atoms with Crippen LogP contribution in [0.4, 0.5) is 8.78 Å². The quantitative estimate of drug-likeness (QED) is 0.832. The highest BCUT2D eigenvalue weighted by Gasteiger charge is 2.49. The second-order valence-corrected chi connectivity index (χ2v) is 8.22. The minimum absolute atomic E-state index is 0.0881. The van der Waals surface area contributed by atoms with E-state index in [1.165, 1.54) is 6.07 Å². The normalized spacial score (nSPS) is 24.7. The van der Waals surface area contributed by atoms with E-state index in [1.807, 2.05) is 25.1 Å². The molecule has 30 heavy (non-hydrogen) atoms. The van der Waals surface area contributed by atoms with Crippen molar-refractivity contribution in [2.45, 2.75) is 31.3 Å². The van der Waals surface area contributed by atoms with E-state index in [9.17, 15) is 13.6 Å². The van der Waals surface area contributed by atoms with Gasteiger partial charge in [-0.2, -0.15) is 0 Å². The van der Waals surface area contributed by atoms with Crippen molar-refractivity contribution in [1.82, 2.24) is 10.2 Å². The number of benzene rings is 2. The standard InChI is InChI=1S/C23H26F2N2O3/c1-15-3-4-17(21(9-15)29-2)11-27-12-18(16-5-6-19(24)20(25)10-16)23(13-27)14-30-8-7-22(28)26-23/h3-6,9-10,18H,7-8,11-14H2,1-2H3,(H,26,28)/t18-,23-/m0/s1. The average Bonchev–Trinajstić information content (AvgIpc) is 2.94. The Labute approximate surface area is 175 Å². The van der Waals surface area contributed by atoms with Crippen molar-refractivity contribution in [1.29, 1.82) is 0 Å². The highest BCUT2D eigenvalue weighted by molar-refractivity contribution is 5.77. The molecule has 7 heteroatoms. The Balaban J connectivity index is 1.67. The third kappa shape index (κ3) is 4.04. The molecule has 0 aliphatic carbocycles. The molecule has 0 bridgehead atoms. The molecule has 1 amide bonds. The zero-order valence-corrected chi connectivity index (χ0v) is 17.2. The number of rotatable bonds is 4. The van der Waals surface area contributed by atoms with E-state index in [4.69, 9.17) is 9.47 Å². The summed E-state index contributed by atoms with van der Waals surface area (Å²) in [6.07, 6.45) is 0.290. The van der Waals surface area contributed by atoms with Crippen LogP contribution in [0.15, 0.2) is 36.4 Å². The number of nitrogens with one attached hydrogen (secondary N) is 1.